The molecule has 0 heterocycles. The van der Waals surface area contributed by atoms with E-state index in [4.69, 9.17) is 10.5 Å². The summed E-state index contributed by atoms with van der Waals surface area (Å²) in [6.45, 7) is 1.52. The number of nitrogens with one attached hydrogen (secondary N) is 1. The molecule has 0 aliphatic heterocycles. The van der Waals surface area contributed by atoms with Gasteiger partial charge in [-0.1, -0.05) is 31.7 Å². The molecule has 0 spiro atoms. The number of unbranched alkanes of at least 4 members (excludes halogenated alkanes) is 5. The van der Waals surface area contributed by atoms with Gasteiger partial charge in [-0.15, -0.1) is 0 Å². The van der Waals surface area contributed by atoms with Crippen molar-refractivity contribution in [1.82, 2.24) is 5.32 Å². The first-order valence-corrected chi connectivity index (χ1v) is 7.40. The fourth-order valence-electron chi connectivity index (χ4n) is 2.04. The molecule has 1 rings (SSSR count). The number of carbonyl (C=O) groups is 1. The molecule has 4 nitrogen and oxygen atoms in total. The maximum Gasteiger partial charge on any atom is 0.251 e. The Morgan fingerprint density at radius 3 is 2.55 bits per heavy atom. The lowest BCUT2D eigenvalue weighted by Gasteiger charge is -2.06. The molecule has 0 bridgehead atoms. The van der Waals surface area contributed by atoms with E-state index in [0.29, 0.717) is 11.3 Å². The summed E-state index contributed by atoms with van der Waals surface area (Å²) in [5, 5.41) is 2.94. The number of methoxy groups -OCH3 is 1. The molecule has 1 amide bonds. The van der Waals surface area contributed by atoms with Crippen molar-refractivity contribution in [1.29, 1.82) is 0 Å². The number of ether oxygens (including phenoxy) is 1. The van der Waals surface area contributed by atoms with Gasteiger partial charge in [0.15, 0.2) is 0 Å². The van der Waals surface area contributed by atoms with Crippen molar-refractivity contribution < 1.29 is 9.53 Å². The van der Waals surface area contributed by atoms with Crippen LogP contribution >= 0.6 is 0 Å². The van der Waals surface area contributed by atoms with E-state index >= 15 is 0 Å². The molecule has 1 aromatic rings. The van der Waals surface area contributed by atoms with Crippen molar-refractivity contribution >= 4 is 5.91 Å². The van der Waals surface area contributed by atoms with Crippen LogP contribution in [0.4, 0.5) is 0 Å². The molecule has 3 N–H and O–H groups in total. The second kappa shape index (κ2) is 10.3. The molecular formula is C16H26N2O2. The van der Waals surface area contributed by atoms with Crippen LogP contribution in [0.5, 0.6) is 5.75 Å². The number of benzene rings is 1. The molecule has 0 saturated carbocycles. The molecule has 0 aromatic heterocycles. The smallest absolute Gasteiger partial charge is 0.251 e. The predicted octanol–water partition coefficient (Wildman–Crippen LogP) is 2.72. The number of amides is 1. The Kier molecular flexibility index (Phi) is 8.47. The molecule has 0 saturated heterocycles. The topological polar surface area (TPSA) is 64.3 Å². The van der Waals surface area contributed by atoms with Crippen molar-refractivity contribution in [3.05, 3.63) is 29.8 Å². The molecule has 0 aliphatic rings. The van der Waals surface area contributed by atoms with Crippen molar-refractivity contribution in [3.8, 4) is 5.75 Å². The van der Waals surface area contributed by atoms with E-state index < -0.39 is 0 Å². The summed E-state index contributed by atoms with van der Waals surface area (Å²) >= 11 is 0. The monoisotopic (exact) mass is 278 g/mol. The van der Waals surface area contributed by atoms with Gasteiger partial charge in [0.25, 0.3) is 5.91 Å². The summed E-state index contributed by atoms with van der Waals surface area (Å²) in [6.07, 6.45) is 6.97. The largest absolute Gasteiger partial charge is 0.497 e. The van der Waals surface area contributed by atoms with Gasteiger partial charge >= 0.3 is 0 Å². The third kappa shape index (κ3) is 6.57. The molecular weight excluding hydrogens is 252 g/mol. The van der Waals surface area contributed by atoms with Crippen LogP contribution in [0.3, 0.4) is 0 Å². The van der Waals surface area contributed by atoms with Gasteiger partial charge in [-0.2, -0.15) is 0 Å². The second-order valence-electron chi connectivity index (χ2n) is 4.90. The summed E-state index contributed by atoms with van der Waals surface area (Å²) in [5.41, 5.74) is 6.09. The Morgan fingerprint density at radius 2 is 1.85 bits per heavy atom. The normalized spacial score (nSPS) is 10.3. The van der Waals surface area contributed by atoms with Crippen molar-refractivity contribution in [3.63, 3.8) is 0 Å². The van der Waals surface area contributed by atoms with Gasteiger partial charge in [-0.05, 0) is 37.6 Å². The fraction of sp³-hybridized carbons (Fsp3) is 0.562. The average molecular weight is 278 g/mol. The average Bonchev–Trinajstić information content (AvgIpc) is 2.49. The van der Waals surface area contributed by atoms with E-state index in [-0.39, 0.29) is 5.91 Å². The molecule has 0 unspecified atom stereocenters. The molecule has 112 valence electrons. The first-order chi connectivity index (χ1) is 9.77. The van der Waals surface area contributed by atoms with E-state index in [9.17, 15) is 4.79 Å². The lowest BCUT2D eigenvalue weighted by atomic mass is 10.1. The molecule has 0 atom stereocenters. The Balaban J connectivity index is 2.13. The Bertz CT molecular complexity index is 394. The van der Waals surface area contributed by atoms with Crippen LogP contribution in [0.2, 0.25) is 0 Å². The van der Waals surface area contributed by atoms with Gasteiger partial charge in [0.1, 0.15) is 5.75 Å². The van der Waals surface area contributed by atoms with Crippen LogP contribution < -0.4 is 15.8 Å². The summed E-state index contributed by atoms with van der Waals surface area (Å²) in [5.74, 6) is 0.671. The lowest BCUT2D eigenvalue weighted by Crippen LogP contribution is -2.24. The van der Waals surface area contributed by atoms with Gasteiger partial charge in [-0.3, -0.25) is 4.79 Å². The highest BCUT2D eigenvalue weighted by molar-refractivity contribution is 5.94. The number of hydrogen-bond donors (Lipinski definition) is 2. The number of rotatable bonds is 10. The SMILES string of the molecule is COc1cccc(C(=O)NCCCCCCCCN)c1. The van der Waals surface area contributed by atoms with Crippen LogP contribution in [0.1, 0.15) is 48.9 Å². The zero-order chi connectivity index (χ0) is 14.6. The minimum atomic E-state index is -0.0352. The van der Waals surface area contributed by atoms with Crippen LogP contribution in [-0.4, -0.2) is 26.1 Å². The lowest BCUT2D eigenvalue weighted by molar-refractivity contribution is 0.0952. The predicted molar refractivity (Wildman–Crippen MR) is 82.1 cm³/mol. The Labute approximate surface area is 121 Å². The van der Waals surface area contributed by atoms with E-state index in [1.54, 1.807) is 19.2 Å². The maximum atomic E-state index is 11.9. The zero-order valence-electron chi connectivity index (χ0n) is 12.4. The van der Waals surface area contributed by atoms with Crippen LogP contribution in [-0.2, 0) is 0 Å². The van der Waals surface area contributed by atoms with Crippen molar-refractivity contribution in [2.45, 2.75) is 38.5 Å². The standard InChI is InChI=1S/C16H26N2O2/c1-20-15-10-8-9-14(13-15)16(19)18-12-7-5-3-2-4-6-11-17/h8-10,13H,2-7,11-12,17H2,1H3,(H,18,19). The minimum Gasteiger partial charge on any atom is -0.497 e. The van der Waals surface area contributed by atoms with Crippen LogP contribution in [0, 0.1) is 0 Å². The summed E-state index contributed by atoms with van der Waals surface area (Å²) in [7, 11) is 1.60. The van der Waals surface area contributed by atoms with Crippen molar-refractivity contribution in [2.24, 2.45) is 5.73 Å². The number of carbonyl (C=O) groups excluding carboxylic acids is 1. The highest BCUT2D eigenvalue weighted by Crippen LogP contribution is 2.12. The quantitative estimate of drug-likeness (QED) is 0.647. The first kappa shape index (κ1) is 16.5. The third-order valence-corrected chi connectivity index (χ3v) is 3.25. The van der Waals surface area contributed by atoms with Gasteiger partial charge in [0.05, 0.1) is 7.11 Å². The molecule has 20 heavy (non-hydrogen) atoms. The van der Waals surface area contributed by atoms with Crippen molar-refractivity contribution in [2.75, 3.05) is 20.2 Å². The fourth-order valence-corrected chi connectivity index (χ4v) is 2.04. The molecule has 0 radical (unpaired) electrons. The van der Waals surface area contributed by atoms with E-state index in [0.717, 1.165) is 32.4 Å². The van der Waals surface area contributed by atoms with Crippen LogP contribution in [0.25, 0.3) is 0 Å². The molecule has 4 heteroatoms. The second-order valence-corrected chi connectivity index (χ2v) is 4.90. The minimum absolute atomic E-state index is 0.0352. The van der Waals surface area contributed by atoms with E-state index in [1.807, 2.05) is 12.1 Å². The molecule has 0 fully saturated rings. The maximum absolute atomic E-state index is 11.9. The third-order valence-electron chi connectivity index (χ3n) is 3.25. The van der Waals surface area contributed by atoms with Gasteiger partial charge in [0.2, 0.25) is 0 Å². The Hall–Kier alpha value is -1.55. The summed E-state index contributed by atoms with van der Waals surface area (Å²) in [6, 6.07) is 7.20. The van der Waals surface area contributed by atoms with Gasteiger partial charge in [0, 0.05) is 12.1 Å². The number of hydrogen-bond acceptors (Lipinski definition) is 3. The van der Waals surface area contributed by atoms with Crippen LogP contribution in [0.15, 0.2) is 24.3 Å². The van der Waals surface area contributed by atoms with Gasteiger partial charge in [-0.25, -0.2) is 0 Å². The van der Waals surface area contributed by atoms with Gasteiger partial charge < -0.3 is 15.8 Å². The van der Waals surface area contributed by atoms with E-state index in [2.05, 4.69) is 5.32 Å². The zero-order valence-corrected chi connectivity index (χ0v) is 12.4. The molecule has 0 aliphatic carbocycles. The first-order valence-electron chi connectivity index (χ1n) is 7.40. The van der Waals surface area contributed by atoms with E-state index in [1.165, 1.54) is 19.3 Å². The highest BCUT2D eigenvalue weighted by Gasteiger charge is 2.05. The Morgan fingerprint density at radius 1 is 1.15 bits per heavy atom. The highest BCUT2D eigenvalue weighted by atomic mass is 16.5. The number of nitrogens with two attached hydrogens (primary N) is 1. The summed E-state index contributed by atoms with van der Waals surface area (Å²) in [4.78, 5) is 11.9. The summed E-state index contributed by atoms with van der Waals surface area (Å²) < 4.78 is 5.11. The molecule has 1 aromatic carbocycles.